The molecule has 0 spiro atoms. The molecule has 0 aromatic heterocycles. The molecule has 0 heterocycles. The lowest BCUT2D eigenvalue weighted by Gasteiger charge is -2.20. The molecule has 14 heteroatoms. The maximum absolute atomic E-state index is 12.7. The number of phosphoric acid groups is 1. The zero-order valence-corrected chi connectivity index (χ0v) is 39.7. The summed E-state index contributed by atoms with van der Waals surface area (Å²) in [7, 11) is -4.77. The maximum atomic E-state index is 12.7. The van der Waals surface area contributed by atoms with E-state index in [1.807, 2.05) is 43.4 Å². The van der Waals surface area contributed by atoms with Crippen LogP contribution in [0, 0.1) is 0 Å². The number of rotatable bonds is 42. The van der Waals surface area contributed by atoms with Crippen LogP contribution < -0.4 is 5.73 Å². The summed E-state index contributed by atoms with van der Waals surface area (Å²) in [6.07, 6.45) is 48.3. The van der Waals surface area contributed by atoms with Crippen molar-refractivity contribution in [3.63, 3.8) is 0 Å². The SMILES string of the molecule is CC/C=C\C[C@@H](O)/C=C/C=C\C=C\[C@@H](O)C/C=C\C/C=C\CCC(=O)OC[C@H](COP(=O)(O)OC[C@H](N)C(=O)O)OC(=O)CCCCCCCCCCC/C=C\C/C=C\CCCCC. The molecule has 6 N–H and O–H groups in total. The van der Waals surface area contributed by atoms with Crippen LogP contribution in [0.2, 0.25) is 0 Å². The third-order valence-corrected chi connectivity index (χ3v) is 10.4. The van der Waals surface area contributed by atoms with Crippen LogP contribution in [0.5, 0.6) is 0 Å². The monoisotopic (exact) mass is 920 g/mol. The Labute approximate surface area is 384 Å². The second-order valence-electron chi connectivity index (χ2n) is 15.6. The molecule has 0 aliphatic heterocycles. The molecule has 0 aliphatic carbocycles. The molecule has 0 aliphatic rings. The highest BCUT2D eigenvalue weighted by atomic mass is 31.2. The highest BCUT2D eigenvalue weighted by Crippen LogP contribution is 2.43. The minimum atomic E-state index is -4.77. The Bertz CT molecular complexity index is 1480. The third-order valence-electron chi connectivity index (χ3n) is 9.50. The summed E-state index contributed by atoms with van der Waals surface area (Å²) >= 11 is 0. The summed E-state index contributed by atoms with van der Waals surface area (Å²) in [5.74, 6) is -2.58. The molecule has 0 aromatic carbocycles. The van der Waals surface area contributed by atoms with Crippen LogP contribution >= 0.6 is 7.82 Å². The minimum absolute atomic E-state index is 0.0339. The van der Waals surface area contributed by atoms with Crippen molar-refractivity contribution in [3.05, 3.63) is 97.2 Å². The topological polar surface area (TPSA) is 212 Å². The number of unbranched alkanes of at least 4 members (excludes halogenated alkanes) is 12. The molecule has 0 aromatic rings. The van der Waals surface area contributed by atoms with Gasteiger partial charge < -0.3 is 35.4 Å². The molecular weight excluding hydrogens is 838 g/mol. The van der Waals surface area contributed by atoms with E-state index >= 15 is 0 Å². The van der Waals surface area contributed by atoms with Gasteiger partial charge in [0, 0.05) is 12.8 Å². The molecule has 0 bridgehead atoms. The predicted octanol–water partition coefficient (Wildman–Crippen LogP) is 10.8. The van der Waals surface area contributed by atoms with Gasteiger partial charge in [0.15, 0.2) is 6.10 Å². The molecule has 0 rings (SSSR count). The lowest BCUT2D eigenvalue weighted by Crippen LogP contribution is -2.34. The Kier molecular flexibility index (Phi) is 40.7. The molecular formula is C50H82NO12P. The van der Waals surface area contributed by atoms with E-state index in [-0.39, 0.29) is 12.8 Å². The van der Waals surface area contributed by atoms with E-state index < -0.39 is 69.9 Å². The van der Waals surface area contributed by atoms with Crippen molar-refractivity contribution in [1.82, 2.24) is 0 Å². The Morgan fingerprint density at radius 1 is 0.578 bits per heavy atom. The van der Waals surface area contributed by atoms with Gasteiger partial charge in [-0.05, 0) is 70.6 Å². The molecule has 0 radical (unpaired) electrons. The first-order valence-corrected chi connectivity index (χ1v) is 25.0. The molecule has 0 amide bonds. The summed E-state index contributed by atoms with van der Waals surface area (Å²) in [5, 5.41) is 28.9. The number of esters is 2. The number of carboxylic acids is 1. The number of hydrogen-bond donors (Lipinski definition) is 5. The fraction of sp³-hybridized carbons (Fsp3) is 0.620. The fourth-order valence-electron chi connectivity index (χ4n) is 5.77. The van der Waals surface area contributed by atoms with Gasteiger partial charge in [-0.15, -0.1) is 0 Å². The molecule has 0 saturated carbocycles. The predicted molar refractivity (Wildman–Crippen MR) is 256 cm³/mol. The Morgan fingerprint density at radius 3 is 1.64 bits per heavy atom. The van der Waals surface area contributed by atoms with Crippen molar-refractivity contribution in [2.45, 2.75) is 179 Å². The van der Waals surface area contributed by atoms with E-state index in [2.05, 4.69) is 35.8 Å². The summed E-state index contributed by atoms with van der Waals surface area (Å²) in [6, 6.07) is -1.55. The average Bonchev–Trinajstić information content (AvgIpc) is 3.26. The first kappa shape index (κ1) is 60.3. The van der Waals surface area contributed by atoms with Crippen LogP contribution in [-0.4, -0.2) is 82.3 Å². The fourth-order valence-corrected chi connectivity index (χ4v) is 6.54. The zero-order chi connectivity index (χ0) is 47.4. The molecule has 364 valence electrons. The Morgan fingerprint density at radius 2 is 1.08 bits per heavy atom. The summed E-state index contributed by atoms with van der Waals surface area (Å²) in [6.45, 7) is 2.40. The second kappa shape index (κ2) is 43.2. The summed E-state index contributed by atoms with van der Waals surface area (Å²) in [4.78, 5) is 46.1. The average molecular weight is 920 g/mol. The van der Waals surface area contributed by atoms with Gasteiger partial charge >= 0.3 is 25.7 Å². The second-order valence-corrected chi connectivity index (χ2v) is 17.0. The lowest BCUT2D eigenvalue weighted by atomic mass is 10.1. The zero-order valence-electron chi connectivity index (χ0n) is 38.8. The van der Waals surface area contributed by atoms with Crippen LogP contribution in [0.3, 0.4) is 0 Å². The maximum Gasteiger partial charge on any atom is 0.472 e. The Balaban J connectivity index is 4.55. The molecule has 5 atom stereocenters. The molecule has 13 nitrogen and oxygen atoms in total. The van der Waals surface area contributed by atoms with Gasteiger partial charge in [-0.25, -0.2) is 4.57 Å². The highest BCUT2D eigenvalue weighted by Gasteiger charge is 2.28. The number of carbonyl (C=O) groups is 3. The number of carboxylic acid groups (broad SMARTS) is 1. The largest absolute Gasteiger partial charge is 0.480 e. The highest BCUT2D eigenvalue weighted by molar-refractivity contribution is 7.47. The summed E-state index contributed by atoms with van der Waals surface area (Å²) in [5.41, 5.74) is 5.33. The standard InChI is InChI=1S/C50H82NO12P/c1-3-5-7-8-9-10-11-12-13-14-15-16-17-18-19-20-21-26-34-40-49(55)63-46(42-61-64(58,59)62-43-47(51)50(56)57)41-60-48(54)39-33-25-23-22-24-30-36-45(53)38-32-28-27-31-37-44(52)35-29-6-4-2/h6,9-10,12-13,23-25,27-32,37-38,44-47,52-53H,3-5,7-8,11,14-22,26,33-36,39-43,51H2,1-2H3,(H,56,57)(H,58,59)/b10-9-,13-12-,25-23-,28-27-,29-6-,30-24-,37-31+,38-32+/t44-,45+,46-,47+/m1/s1. The van der Waals surface area contributed by atoms with Gasteiger partial charge in [0.05, 0.1) is 25.4 Å². The first-order chi connectivity index (χ1) is 30.9. The van der Waals surface area contributed by atoms with Crippen molar-refractivity contribution < 1.29 is 57.7 Å². The van der Waals surface area contributed by atoms with Crippen LogP contribution in [0.4, 0.5) is 0 Å². The van der Waals surface area contributed by atoms with Crippen molar-refractivity contribution >= 4 is 25.7 Å². The van der Waals surface area contributed by atoms with Crippen molar-refractivity contribution in [2.24, 2.45) is 5.73 Å². The third kappa shape index (κ3) is 42.3. The van der Waals surface area contributed by atoms with E-state index in [4.69, 9.17) is 24.8 Å². The van der Waals surface area contributed by atoms with Gasteiger partial charge in [0.1, 0.15) is 12.6 Å². The van der Waals surface area contributed by atoms with E-state index in [0.717, 1.165) is 44.9 Å². The number of ether oxygens (including phenoxy) is 2. The van der Waals surface area contributed by atoms with Gasteiger partial charge in [-0.2, -0.15) is 0 Å². The van der Waals surface area contributed by atoms with E-state index in [0.29, 0.717) is 32.1 Å². The number of allylic oxidation sites excluding steroid dienone is 12. The number of aliphatic hydroxyl groups is 2. The molecule has 64 heavy (non-hydrogen) atoms. The van der Waals surface area contributed by atoms with E-state index in [9.17, 15) is 34.1 Å². The number of nitrogens with two attached hydrogens (primary N) is 1. The normalized spacial score (nSPS) is 15.5. The number of phosphoric ester groups is 1. The van der Waals surface area contributed by atoms with Crippen LogP contribution in [-0.2, 0) is 37.5 Å². The number of aliphatic hydroxyl groups excluding tert-OH is 2. The number of carbonyl (C=O) groups excluding carboxylic acids is 2. The van der Waals surface area contributed by atoms with E-state index in [1.165, 1.54) is 51.4 Å². The van der Waals surface area contributed by atoms with Crippen molar-refractivity contribution in [3.8, 4) is 0 Å². The van der Waals surface area contributed by atoms with E-state index in [1.54, 1.807) is 36.5 Å². The lowest BCUT2D eigenvalue weighted by molar-refractivity contribution is -0.161. The minimum Gasteiger partial charge on any atom is -0.480 e. The quantitative estimate of drug-likeness (QED) is 0.0127. The van der Waals surface area contributed by atoms with Crippen molar-refractivity contribution in [2.75, 3.05) is 19.8 Å². The molecule has 1 unspecified atom stereocenters. The van der Waals surface area contributed by atoms with Crippen LogP contribution in [0.15, 0.2) is 97.2 Å². The molecule has 0 saturated heterocycles. The smallest absolute Gasteiger partial charge is 0.472 e. The first-order valence-electron chi connectivity index (χ1n) is 23.5. The number of hydrogen-bond acceptors (Lipinski definition) is 11. The van der Waals surface area contributed by atoms with Gasteiger partial charge in [0.25, 0.3) is 0 Å². The van der Waals surface area contributed by atoms with Gasteiger partial charge in [-0.1, -0.05) is 169 Å². The molecule has 0 fully saturated rings. The van der Waals surface area contributed by atoms with Crippen LogP contribution in [0.1, 0.15) is 155 Å². The Hall–Kier alpha value is -3.68. The van der Waals surface area contributed by atoms with Crippen molar-refractivity contribution in [1.29, 1.82) is 0 Å². The number of aliphatic carboxylic acids is 1. The summed E-state index contributed by atoms with van der Waals surface area (Å²) < 4.78 is 32.6. The van der Waals surface area contributed by atoms with Gasteiger partial charge in [0.2, 0.25) is 0 Å². The van der Waals surface area contributed by atoms with Crippen LogP contribution in [0.25, 0.3) is 0 Å². The van der Waals surface area contributed by atoms with Gasteiger partial charge in [-0.3, -0.25) is 23.4 Å².